The maximum atomic E-state index is 13.6. The molecule has 3 nitrogen and oxygen atoms in total. The van der Waals surface area contributed by atoms with Crippen molar-refractivity contribution in [2.45, 2.75) is 11.3 Å². The van der Waals surface area contributed by atoms with Gasteiger partial charge in [-0.2, -0.15) is 0 Å². The van der Waals surface area contributed by atoms with E-state index in [1.54, 1.807) is 6.07 Å². The van der Waals surface area contributed by atoms with Crippen LogP contribution in [0.2, 0.25) is 0 Å². The summed E-state index contributed by atoms with van der Waals surface area (Å²) < 4.78 is 13.6. The number of benzene rings is 2. The van der Waals surface area contributed by atoms with Gasteiger partial charge in [0.25, 0.3) is 0 Å². The number of aromatic nitrogens is 1. The van der Waals surface area contributed by atoms with Gasteiger partial charge in [-0.1, -0.05) is 24.3 Å². The van der Waals surface area contributed by atoms with Crippen LogP contribution in [-0.4, -0.2) is 48.4 Å². The predicted octanol–water partition coefficient (Wildman–Crippen LogP) is 4.79. The van der Waals surface area contributed by atoms with Crippen molar-refractivity contribution >= 4 is 34.4 Å². The Morgan fingerprint density at radius 3 is 2.86 bits per heavy atom. The van der Waals surface area contributed by atoms with Gasteiger partial charge < -0.3 is 9.88 Å². The zero-order valence-corrected chi connectivity index (χ0v) is 16.6. The Hall–Kier alpha value is -2.24. The Bertz CT molecular complexity index is 1020. The summed E-state index contributed by atoms with van der Waals surface area (Å²) in [5.74, 6) is 0.899. The maximum Gasteiger partial charge on any atom is 0.123 e. The first-order chi connectivity index (χ1) is 13.8. The van der Waals surface area contributed by atoms with Gasteiger partial charge >= 0.3 is 0 Å². The van der Waals surface area contributed by atoms with E-state index in [0.717, 1.165) is 55.8 Å². The number of aromatic amines is 1. The van der Waals surface area contributed by atoms with E-state index in [-0.39, 0.29) is 5.82 Å². The first-order valence-corrected chi connectivity index (χ1v) is 10.9. The number of nitrogens with one attached hydrogen (secondary N) is 1. The first kappa shape index (κ1) is 17.8. The lowest BCUT2D eigenvalue weighted by molar-refractivity contribution is 0.261. The van der Waals surface area contributed by atoms with Crippen LogP contribution in [0, 0.1) is 5.82 Å². The molecule has 5 heteroatoms. The highest BCUT2D eigenvalue weighted by molar-refractivity contribution is 7.99. The van der Waals surface area contributed by atoms with Crippen molar-refractivity contribution in [2.24, 2.45) is 0 Å². The van der Waals surface area contributed by atoms with Crippen LogP contribution in [0.1, 0.15) is 11.1 Å². The smallest absolute Gasteiger partial charge is 0.123 e. The Morgan fingerprint density at radius 2 is 1.96 bits per heavy atom. The average molecular weight is 394 g/mol. The zero-order valence-electron chi connectivity index (χ0n) is 15.8. The minimum Gasteiger partial charge on any atom is -0.368 e. The molecular weight excluding hydrogens is 369 g/mol. The third kappa shape index (κ3) is 3.45. The maximum absolute atomic E-state index is 13.6. The molecule has 1 fully saturated rings. The van der Waals surface area contributed by atoms with Crippen LogP contribution in [0.4, 0.5) is 10.1 Å². The van der Waals surface area contributed by atoms with E-state index in [2.05, 4.69) is 45.1 Å². The van der Waals surface area contributed by atoms with E-state index in [1.165, 1.54) is 27.8 Å². The molecule has 0 amide bonds. The van der Waals surface area contributed by atoms with Crippen molar-refractivity contribution < 1.29 is 4.39 Å². The Balaban J connectivity index is 1.22. The lowest BCUT2D eigenvalue weighted by atomic mass is 10.1. The number of rotatable bonds is 4. The summed E-state index contributed by atoms with van der Waals surface area (Å²) in [6.45, 7) is 5.27. The summed E-state index contributed by atoms with van der Waals surface area (Å²) in [7, 11) is 0. The predicted molar refractivity (Wildman–Crippen MR) is 117 cm³/mol. The van der Waals surface area contributed by atoms with Gasteiger partial charge in [0.05, 0.1) is 5.69 Å². The van der Waals surface area contributed by atoms with Crippen LogP contribution in [0.25, 0.3) is 17.0 Å². The van der Waals surface area contributed by atoms with E-state index >= 15 is 0 Å². The van der Waals surface area contributed by atoms with Gasteiger partial charge in [0.1, 0.15) is 5.82 Å². The van der Waals surface area contributed by atoms with E-state index in [4.69, 9.17) is 0 Å². The normalized spacial score (nSPS) is 17.2. The van der Waals surface area contributed by atoms with Crippen molar-refractivity contribution in [3.63, 3.8) is 0 Å². The Labute approximate surface area is 169 Å². The Morgan fingerprint density at radius 1 is 1.07 bits per heavy atom. The standard InChI is InChI=1S/C23H24FN3S/c24-19-6-7-21-20(15-19)18(16-25-21)8-9-26-10-12-27(13-11-26)22-5-1-3-17-4-2-14-28-23(17)22/h1-7,15-16,25H,8-14H2. The molecule has 0 bridgehead atoms. The highest BCUT2D eigenvalue weighted by Crippen LogP contribution is 2.37. The largest absolute Gasteiger partial charge is 0.368 e. The second-order valence-corrected chi connectivity index (χ2v) is 8.52. The van der Waals surface area contributed by atoms with Crippen LogP contribution >= 0.6 is 11.8 Å². The molecule has 0 radical (unpaired) electrons. The van der Waals surface area contributed by atoms with Crippen molar-refractivity contribution in [1.82, 2.24) is 9.88 Å². The van der Waals surface area contributed by atoms with Crippen molar-refractivity contribution in [1.29, 1.82) is 0 Å². The minimum absolute atomic E-state index is 0.166. The molecule has 0 saturated carbocycles. The molecule has 0 atom stereocenters. The minimum atomic E-state index is -0.166. The van der Waals surface area contributed by atoms with Gasteiger partial charge in [-0.3, -0.25) is 4.90 Å². The van der Waals surface area contributed by atoms with Crippen molar-refractivity contribution in [2.75, 3.05) is 43.4 Å². The van der Waals surface area contributed by atoms with Gasteiger partial charge in [-0.05, 0) is 41.8 Å². The number of thioether (sulfide) groups is 1. The van der Waals surface area contributed by atoms with Gasteiger partial charge in [0, 0.05) is 60.5 Å². The SMILES string of the molecule is Fc1ccc2[nH]cc(CCN3CCN(c4cccc5c4SCC=C5)CC3)c2c1. The van der Waals surface area contributed by atoms with Crippen LogP contribution < -0.4 is 4.90 Å². The summed E-state index contributed by atoms with van der Waals surface area (Å²) in [6, 6.07) is 11.6. The molecule has 1 aromatic heterocycles. The van der Waals surface area contributed by atoms with E-state index < -0.39 is 0 Å². The summed E-state index contributed by atoms with van der Waals surface area (Å²) in [4.78, 5) is 9.74. The van der Waals surface area contributed by atoms with Crippen LogP contribution in [-0.2, 0) is 6.42 Å². The van der Waals surface area contributed by atoms with Gasteiger partial charge in [0.2, 0.25) is 0 Å². The summed E-state index contributed by atoms with van der Waals surface area (Å²) in [5.41, 5.74) is 4.96. The van der Waals surface area contributed by atoms with E-state index in [0.29, 0.717) is 0 Å². The molecule has 3 aromatic rings. The number of hydrogen-bond acceptors (Lipinski definition) is 3. The van der Waals surface area contributed by atoms with Crippen LogP contribution in [0.5, 0.6) is 0 Å². The number of hydrogen-bond donors (Lipinski definition) is 1. The zero-order chi connectivity index (χ0) is 18.9. The average Bonchev–Trinajstić information content (AvgIpc) is 3.14. The quantitative estimate of drug-likeness (QED) is 0.689. The number of fused-ring (bicyclic) bond motifs is 2. The van der Waals surface area contributed by atoms with Crippen LogP contribution in [0.3, 0.4) is 0 Å². The lowest BCUT2D eigenvalue weighted by Gasteiger charge is -2.37. The number of nitrogens with zero attached hydrogens (tertiary/aromatic N) is 2. The fourth-order valence-corrected chi connectivity index (χ4v) is 5.24. The number of anilines is 1. The molecule has 28 heavy (non-hydrogen) atoms. The molecule has 2 aliphatic heterocycles. The van der Waals surface area contributed by atoms with E-state index in [1.807, 2.05) is 24.0 Å². The summed E-state index contributed by atoms with van der Waals surface area (Å²) in [5, 5.41) is 1.01. The van der Waals surface area contributed by atoms with Gasteiger partial charge in [0.15, 0.2) is 0 Å². The molecule has 2 aliphatic rings. The first-order valence-electron chi connectivity index (χ1n) is 9.93. The molecule has 0 aliphatic carbocycles. The number of H-pyrrole nitrogens is 1. The fraction of sp³-hybridized carbons (Fsp3) is 0.304. The molecule has 3 heterocycles. The third-order valence-electron chi connectivity index (χ3n) is 5.79. The molecule has 144 valence electrons. The number of halogens is 1. The molecule has 1 N–H and O–H groups in total. The molecule has 0 spiro atoms. The van der Waals surface area contributed by atoms with Gasteiger partial charge in [-0.15, -0.1) is 11.8 Å². The number of piperazine rings is 1. The highest BCUT2D eigenvalue weighted by atomic mass is 32.2. The second-order valence-electron chi connectivity index (χ2n) is 7.49. The fourth-order valence-electron chi connectivity index (χ4n) is 4.23. The third-order valence-corrected chi connectivity index (χ3v) is 6.88. The monoisotopic (exact) mass is 393 g/mol. The second kappa shape index (κ2) is 7.64. The topological polar surface area (TPSA) is 22.3 Å². The summed E-state index contributed by atoms with van der Waals surface area (Å²) >= 11 is 1.94. The van der Waals surface area contributed by atoms with Crippen molar-refractivity contribution in [3.05, 3.63) is 65.6 Å². The van der Waals surface area contributed by atoms with Crippen LogP contribution in [0.15, 0.2) is 53.6 Å². The van der Waals surface area contributed by atoms with Crippen molar-refractivity contribution in [3.8, 4) is 0 Å². The highest BCUT2D eigenvalue weighted by Gasteiger charge is 2.21. The molecular formula is C23H24FN3S. The molecule has 5 rings (SSSR count). The lowest BCUT2D eigenvalue weighted by Crippen LogP contribution is -2.47. The molecule has 1 saturated heterocycles. The van der Waals surface area contributed by atoms with Gasteiger partial charge in [-0.25, -0.2) is 4.39 Å². The summed E-state index contributed by atoms with van der Waals surface area (Å²) in [6.07, 6.45) is 7.47. The van der Waals surface area contributed by atoms with E-state index in [9.17, 15) is 4.39 Å². The Kier molecular flexibility index (Phi) is 4.87. The molecule has 2 aromatic carbocycles. The molecule has 0 unspecified atom stereocenters.